The summed E-state index contributed by atoms with van der Waals surface area (Å²) in [6.45, 7) is 1.86. The van der Waals surface area contributed by atoms with Crippen molar-refractivity contribution in [3.63, 3.8) is 0 Å². The van der Waals surface area contributed by atoms with Crippen molar-refractivity contribution in [3.8, 4) is 6.07 Å². The molecule has 1 aromatic rings. The Kier molecular flexibility index (Phi) is 2.83. The Morgan fingerprint density at radius 2 is 2.15 bits per heavy atom. The molecule has 0 aromatic carbocycles. The molecule has 13 heavy (non-hydrogen) atoms. The first-order valence-electron chi connectivity index (χ1n) is 3.94. The quantitative estimate of drug-likeness (QED) is 0.687. The number of nitrogens with zero attached hydrogens (tertiary/aromatic N) is 3. The number of aryl methyl sites for hydroxylation is 1. The van der Waals surface area contributed by atoms with Crippen LogP contribution in [0.5, 0.6) is 0 Å². The fraction of sp³-hybridized carbons (Fsp3) is 0.333. The first-order chi connectivity index (χ1) is 6.11. The van der Waals surface area contributed by atoms with Crippen LogP contribution in [0.15, 0.2) is 12.1 Å². The Hall–Kier alpha value is -1.60. The summed E-state index contributed by atoms with van der Waals surface area (Å²) in [6.07, 6.45) is 0. The number of aromatic nitrogens is 1. The molecule has 0 saturated heterocycles. The average molecular weight is 176 g/mol. The molecule has 0 spiro atoms. The molecular weight excluding hydrogens is 164 g/mol. The van der Waals surface area contributed by atoms with Gasteiger partial charge in [0.05, 0.1) is 5.69 Å². The standard InChI is InChI=1S/C9H12N4/c1-7-4-8(12-13(2)3)5-9(6-10)11-7/h4-5H,1-3H3,(H,11,12). The van der Waals surface area contributed by atoms with E-state index in [0.717, 1.165) is 11.4 Å². The zero-order valence-electron chi connectivity index (χ0n) is 8.00. The summed E-state index contributed by atoms with van der Waals surface area (Å²) in [4.78, 5) is 4.04. The van der Waals surface area contributed by atoms with Crippen LogP contribution >= 0.6 is 0 Å². The van der Waals surface area contributed by atoms with Gasteiger partial charge in [0.15, 0.2) is 0 Å². The number of hydrazine groups is 1. The number of pyridine rings is 1. The van der Waals surface area contributed by atoms with E-state index in [1.807, 2.05) is 38.2 Å². The Labute approximate surface area is 77.8 Å². The van der Waals surface area contributed by atoms with Gasteiger partial charge >= 0.3 is 0 Å². The molecule has 4 nitrogen and oxygen atoms in total. The van der Waals surface area contributed by atoms with E-state index < -0.39 is 0 Å². The number of hydrogen-bond donors (Lipinski definition) is 1. The largest absolute Gasteiger partial charge is 0.319 e. The van der Waals surface area contributed by atoms with E-state index in [0.29, 0.717) is 5.69 Å². The topological polar surface area (TPSA) is 52.0 Å². The molecule has 1 aromatic heterocycles. The molecule has 1 N–H and O–H groups in total. The summed E-state index contributed by atoms with van der Waals surface area (Å²) in [5.41, 5.74) is 5.22. The summed E-state index contributed by atoms with van der Waals surface area (Å²) in [5, 5.41) is 10.5. The smallest absolute Gasteiger partial charge is 0.142 e. The third kappa shape index (κ3) is 2.73. The van der Waals surface area contributed by atoms with Crippen LogP contribution in [0.1, 0.15) is 11.4 Å². The third-order valence-electron chi connectivity index (χ3n) is 1.42. The van der Waals surface area contributed by atoms with Crippen LogP contribution in [0.2, 0.25) is 0 Å². The molecule has 0 amide bonds. The van der Waals surface area contributed by atoms with Gasteiger partial charge in [-0.05, 0) is 19.1 Å². The molecule has 0 aliphatic rings. The van der Waals surface area contributed by atoms with Gasteiger partial charge in [0.2, 0.25) is 0 Å². The van der Waals surface area contributed by atoms with Gasteiger partial charge in [-0.15, -0.1) is 0 Å². The van der Waals surface area contributed by atoms with Gasteiger partial charge in [-0.3, -0.25) is 0 Å². The van der Waals surface area contributed by atoms with E-state index in [1.54, 1.807) is 6.07 Å². The minimum absolute atomic E-state index is 0.435. The molecule has 4 heteroatoms. The predicted octanol–water partition coefficient (Wildman–Crippen LogP) is 1.15. The van der Waals surface area contributed by atoms with Crippen molar-refractivity contribution in [2.24, 2.45) is 0 Å². The van der Waals surface area contributed by atoms with Crippen LogP contribution in [-0.4, -0.2) is 24.1 Å². The van der Waals surface area contributed by atoms with E-state index in [9.17, 15) is 0 Å². The summed E-state index contributed by atoms with van der Waals surface area (Å²) in [7, 11) is 3.78. The highest BCUT2D eigenvalue weighted by molar-refractivity contribution is 5.46. The first kappa shape index (κ1) is 9.49. The molecule has 0 atom stereocenters. The van der Waals surface area contributed by atoms with Gasteiger partial charge < -0.3 is 5.43 Å². The highest BCUT2D eigenvalue weighted by Gasteiger charge is 1.99. The molecule has 0 unspecified atom stereocenters. The summed E-state index contributed by atoms with van der Waals surface area (Å²) >= 11 is 0. The SMILES string of the molecule is Cc1cc(NN(C)C)cc(C#N)n1. The maximum Gasteiger partial charge on any atom is 0.142 e. The lowest BCUT2D eigenvalue weighted by atomic mass is 10.3. The number of rotatable bonds is 2. The zero-order valence-corrected chi connectivity index (χ0v) is 8.00. The molecule has 0 bridgehead atoms. The van der Waals surface area contributed by atoms with Crippen molar-refractivity contribution in [3.05, 3.63) is 23.5 Å². The van der Waals surface area contributed by atoms with Crippen molar-refractivity contribution in [2.45, 2.75) is 6.92 Å². The summed E-state index contributed by atoms with van der Waals surface area (Å²) < 4.78 is 0. The van der Waals surface area contributed by atoms with Crippen molar-refractivity contribution < 1.29 is 0 Å². The van der Waals surface area contributed by atoms with E-state index in [2.05, 4.69) is 10.4 Å². The number of nitriles is 1. The molecule has 0 aliphatic carbocycles. The van der Waals surface area contributed by atoms with Crippen molar-refractivity contribution in [2.75, 3.05) is 19.5 Å². The maximum absolute atomic E-state index is 8.67. The van der Waals surface area contributed by atoms with Crippen molar-refractivity contribution in [1.29, 1.82) is 5.26 Å². The third-order valence-corrected chi connectivity index (χ3v) is 1.42. The van der Waals surface area contributed by atoms with Crippen molar-refractivity contribution in [1.82, 2.24) is 9.99 Å². The number of anilines is 1. The van der Waals surface area contributed by atoms with Crippen LogP contribution in [0, 0.1) is 18.3 Å². The minimum atomic E-state index is 0.435. The van der Waals surface area contributed by atoms with Gasteiger partial charge in [0.1, 0.15) is 11.8 Å². The van der Waals surface area contributed by atoms with Gasteiger partial charge in [0.25, 0.3) is 0 Å². The highest BCUT2D eigenvalue weighted by Crippen LogP contribution is 2.10. The average Bonchev–Trinajstić information content (AvgIpc) is 2.01. The predicted molar refractivity (Wildman–Crippen MR) is 51.0 cm³/mol. The number of hydrogen-bond acceptors (Lipinski definition) is 4. The Balaban J connectivity index is 2.96. The second-order valence-electron chi connectivity index (χ2n) is 3.00. The van der Waals surface area contributed by atoms with Crippen LogP contribution in [0.25, 0.3) is 0 Å². The fourth-order valence-corrected chi connectivity index (χ4v) is 1.05. The monoisotopic (exact) mass is 176 g/mol. The summed E-state index contributed by atoms with van der Waals surface area (Å²) in [6, 6.07) is 5.62. The van der Waals surface area contributed by atoms with E-state index in [4.69, 9.17) is 5.26 Å². The zero-order chi connectivity index (χ0) is 9.84. The Morgan fingerprint density at radius 3 is 2.69 bits per heavy atom. The van der Waals surface area contributed by atoms with Crippen LogP contribution in [0.4, 0.5) is 5.69 Å². The molecule has 1 heterocycles. The van der Waals surface area contributed by atoms with Gasteiger partial charge in [0, 0.05) is 19.8 Å². The Bertz CT molecular complexity index is 338. The number of nitrogens with one attached hydrogen (secondary N) is 1. The lowest BCUT2D eigenvalue weighted by molar-refractivity contribution is 0.495. The summed E-state index contributed by atoms with van der Waals surface area (Å²) in [5.74, 6) is 0. The van der Waals surface area contributed by atoms with Gasteiger partial charge in [-0.25, -0.2) is 9.99 Å². The van der Waals surface area contributed by atoms with Gasteiger partial charge in [-0.1, -0.05) is 0 Å². The molecular formula is C9H12N4. The van der Waals surface area contributed by atoms with Crippen LogP contribution < -0.4 is 5.43 Å². The minimum Gasteiger partial charge on any atom is -0.319 e. The molecule has 0 saturated carbocycles. The first-order valence-corrected chi connectivity index (χ1v) is 3.94. The van der Waals surface area contributed by atoms with Crippen molar-refractivity contribution >= 4 is 5.69 Å². The maximum atomic E-state index is 8.67. The lowest BCUT2D eigenvalue weighted by Crippen LogP contribution is -2.19. The highest BCUT2D eigenvalue weighted by atomic mass is 15.5. The molecule has 0 fully saturated rings. The van der Waals surface area contributed by atoms with E-state index >= 15 is 0 Å². The molecule has 1 rings (SSSR count). The van der Waals surface area contributed by atoms with Crippen LogP contribution in [0.3, 0.4) is 0 Å². The Morgan fingerprint density at radius 1 is 1.46 bits per heavy atom. The van der Waals surface area contributed by atoms with Gasteiger partial charge in [-0.2, -0.15) is 5.26 Å². The lowest BCUT2D eigenvalue weighted by Gasteiger charge is -2.13. The molecule has 68 valence electrons. The van der Waals surface area contributed by atoms with Crippen LogP contribution in [-0.2, 0) is 0 Å². The molecule has 0 radical (unpaired) electrons. The molecule has 0 aliphatic heterocycles. The second kappa shape index (κ2) is 3.87. The van der Waals surface area contributed by atoms with E-state index in [-0.39, 0.29) is 0 Å². The van der Waals surface area contributed by atoms with E-state index in [1.165, 1.54) is 0 Å². The second-order valence-corrected chi connectivity index (χ2v) is 3.00. The fourth-order valence-electron chi connectivity index (χ4n) is 1.05. The normalized spacial score (nSPS) is 9.77.